The number of likely N-dealkylation sites (tertiary alicyclic amines) is 1. The van der Waals surface area contributed by atoms with Gasteiger partial charge in [0.2, 0.25) is 5.91 Å². The topological polar surface area (TPSA) is 56.1 Å². The summed E-state index contributed by atoms with van der Waals surface area (Å²) in [5.41, 5.74) is 0. The van der Waals surface area contributed by atoms with Crippen LogP contribution in [0.1, 0.15) is 44.9 Å². The maximum Gasteiger partial charge on any atom is 0.223 e. The van der Waals surface area contributed by atoms with Crippen LogP contribution in [-0.4, -0.2) is 37.0 Å². The Morgan fingerprint density at radius 3 is 2.42 bits per heavy atom. The summed E-state index contributed by atoms with van der Waals surface area (Å²) in [5.74, 6) is 1.03. The third kappa shape index (κ3) is 4.21. The Labute approximate surface area is 116 Å². The van der Waals surface area contributed by atoms with Gasteiger partial charge in [0.05, 0.1) is 6.07 Å². The minimum Gasteiger partial charge on any atom is -0.353 e. The summed E-state index contributed by atoms with van der Waals surface area (Å²) in [4.78, 5) is 14.5. The first-order valence-corrected chi connectivity index (χ1v) is 7.55. The summed E-state index contributed by atoms with van der Waals surface area (Å²) in [7, 11) is 2.12. The Morgan fingerprint density at radius 1 is 1.21 bits per heavy atom. The fourth-order valence-corrected chi connectivity index (χ4v) is 3.23. The second kappa shape index (κ2) is 6.91. The predicted molar refractivity (Wildman–Crippen MR) is 74.3 cm³/mol. The number of hydrogen-bond donors (Lipinski definition) is 1. The summed E-state index contributed by atoms with van der Waals surface area (Å²) in [6.07, 6.45) is 6.93. The van der Waals surface area contributed by atoms with Crippen LogP contribution in [0, 0.1) is 23.2 Å². The fourth-order valence-electron chi connectivity index (χ4n) is 3.23. The highest BCUT2D eigenvalue weighted by molar-refractivity contribution is 5.79. The fraction of sp³-hybridized carbons (Fsp3) is 0.867. The maximum atomic E-state index is 12.2. The molecule has 4 nitrogen and oxygen atoms in total. The molecule has 1 amide bonds. The minimum absolute atomic E-state index is 0.216. The van der Waals surface area contributed by atoms with Crippen LogP contribution < -0.4 is 5.32 Å². The van der Waals surface area contributed by atoms with E-state index in [2.05, 4.69) is 23.3 Å². The van der Waals surface area contributed by atoms with Crippen molar-refractivity contribution in [3.63, 3.8) is 0 Å². The normalized spacial score (nSPS) is 29.7. The Hall–Kier alpha value is -1.08. The molecular formula is C15H25N3O. The summed E-state index contributed by atoms with van der Waals surface area (Å²) in [6.45, 7) is 2.07. The van der Waals surface area contributed by atoms with E-state index >= 15 is 0 Å². The van der Waals surface area contributed by atoms with Crippen molar-refractivity contribution in [1.82, 2.24) is 10.2 Å². The molecule has 1 saturated carbocycles. The Morgan fingerprint density at radius 2 is 1.84 bits per heavy atom. The highest BCUT2D eigenvalue weighted by atomic mass is 16.1. The number of nitrogens with zero attached hydrogens (tertiary/aromatic N) is 2. The first kappa shape index (κ1) is 14.3. The van der Waals surface area contributed by atoms with Crippen LogP contribution in [0.25, 0.3) is 0 Å². The number of piperidine rings is 1. The van der Waals surface area contributed by atoms with Gasteiger partial charge in [-0.3, -0.25) is 4.79 Å². The molecule has 2 aliphatic rings. The SMILES string of the molecule is CN1CCC(C(=O)NC2CCC(CC#N)CC2)CC1. The first-order chi connectivity index (χ1) is 9.19. The molecule has 2 fully saturated rings. The molecule has 0 aromatic rings. The molecule has 0 unspecified atom stereocenters. The molecule has 1 N–H and O–H groups in total. The summed E-state index contributed by atoms with van der Waals surface area (Å²) >= 11 is 0. The van der Waals surface area contributed by atoms with Crippen molar-refractivity contribution in [3.05, 3.63) is 0 Å². The van der Waals surface area contributed by atoms with Crippen molar-refractivity contribution in [2.75, 3.05) is 20.1 Å². The Bertz CT molecular complexity index is 334. The highest BCUT2D eigenvalue weighted by Gasteiger charge is 2.27. The molecular weight excluding hydrogens is 238 g/mol. The lowest BCUT2D eigenvalue weighted by atomic mass is 9.84. The lowest BCUT2D eigenvalue weighted by molar-refractivity contribution is -0.127. The van der Waals surface area contributed by atoms with Crippen molar-refractivity contribution in [3.8, 4) is 6.07 Å². The summed E-state index contributed by atoms with van der Waals surface area (Å²) in [5, 5.41) is 11.9. The van der Waals surface area contributed by atoms with Gasteiger partial charge in [0.25, 0.3) is 0 Å². The van der Waals surface area contributed by atoms with E-state index in [0.717, 1.165) is 51.6 Å². The standard InChI is InChI=1S/C15H25N3O/c1-18-10-7-13(8-11-18)15(19)17-14-4-2-12(3-5-14)6-9-16/h12-14H,2-8,10-11H2,1H3,(H,17,19). The molecule has 0 bridgehead atoms. The highest BCUT2D eigenvalue weighted by Crippen LogP contribution is 2.27. The summed E-state index contributed by atoms with van der Waals surface area (Å²) in [6, 6.07) is 2.61. The van der Waals surface area contributed by atoms with Gasteiger partial charge in [0.15, 0.2) is 0 Å². The van der Waals surface area contributed by atoms with E-state index in [0.29, 0.717) is 18.4 Å². The molecule has 4 heteroatoms. The second-order valence-electron chi connectivity index (χ2n) is 6.17. The number of amides is 1. The Balaban J connectivity index is 1.70. The molecule has 1 aliphatic carbocycles. The molecule has 0 atom stereocenters. The molecule has 0 aromatic carbocycles. The number of rotatable bonds is 3. The predicted octanol–water partition coefficient (Wildman–Crippen LogP) is 1.92. The molecule has 1 heterocycles. The van der Waals surface area contributed by atoms with Crippen molar-refractivity contribution < 1.29 is 4.79 Å². The average Bonchev–Trinajstić information content (AvgIpc) is 2.42. The van der Waals surface area contributed by atoms with Crippen molar-refractivity contribution in [2.24, 2.45) is 11.8 Å². The first-order valence-electron chi connectivity index (χ1n) is 7.55. The lowest BCUT2D eigenvalue weighted by Gasteiger charge is -2.32. The lowest BCUT2D eigenvalue weighted by Crippen LogP contribution is -2.44. The van der Waals surface area contributed by atoms with Gasteiger partial charge in [0.1, 0.15) is 0 Å². The number of carbonyl (C=O) groups is 1. The number of nitriles is 1. The minimum atomic E-state index is 0.216. The van der Waals surface area contributed by atoms with Gasteiger partial charge in [-0.15, -0.1) is 0 Å². The van der Waals surface area contributed by atoms with Crippen molar-refractivity contribution >= 4 is 5.91 Å². The zero-order chi connectivity index (χ0) is 13.7. The van der Waals surface area contributed by atoms with E-state index in [1.54, 1.807) is 0 Å². The summed E-state index contributed by atoms with van der Waals surface area (Å²) < 4.78 is 0. The van der Waals surface area contributed by atoms with Crippen LogP contribution >= 0.6 is 0 Å². The van der Waals surface area contributed by atoms with Gasteiger partial charge in [-0.05, 0) is 64.6 Å². The number of hydrogen-bond acceptors (Lipinski definition) is 3. The van der Waals surface area contributed by atoms with Crippen LogP contribution in [0.3, 0.4) is 0 Å². The van der Waals surface area contributed by atoms with Gasteiger partial charge >= 0.3 is 0 Å². The number of nitrogens with one attached hydrogen (secondary N) is 1. The van der Waals surface area contributed by atoms with Crippen LogP contribution in [0.2, 0.25) is 0 Å². The van der Waals surface area contributed by atoms with Crippen LogP contribution in [0.5, 0.6) is 0 Å². The van der Waals surface area contributed by atoms with E-state index in [-0.39, 0.29) is 11.8 Å². The largest absolute Gasteiger partial charge is 0.353 e. The van der Waals surface area contributed by atoms with Gasteiger partial charge in [-0.1, -0.05) is 0 Å². The smallest absolute Gasteiger partial charge is 0.223 e. The molecule has 1 aliphatic heterocycles. The van der Waals surface area contributed by atoms with Gasteiger partial charge in [-0.2, -0.15) is 5.26 Å². The van der Waals surface area contributed by atoms with Crippen LogP contribution in [0.15, 0.2) is 0 Å². The van der Waals surface area contributed by atoms with Crippen LogP contribution in [0.4, 0.5) is 0 Å². The molecule has 106 valence electrons. The zero-order valence-corrected chi connectivity index (χ0v) is 11.9. The van der Waals surface area contributed by atoms with Gasteiger partial charge in [0, 0.05) is 18.4 Å². The quantitative estimate of drug-likeness (QED) is 0.846. The van der Waals surface area contributed by atoms with Gasteiger partial charge in [-0.25, -0.2) is 0 Å². The monoisotopic (exact) mass is 263 g/mol. The second-order valence-corrected chi connectivity index (χ2v) is 6.17. The van der Waals surface area contributed by atoms with E-state index in [9.17, 15) is 4.79 Å². The van der Waals surface area contributed by atoms with Crippen molar-refractivity contribution in [1.29, 1.82) is 5.26 Å². The molecule has 2 rings (SSSR count). The zero-order valence-electron chi connectivity index (χ0n) is 11.9. The van der Waals surface area contributed by atoms with Crippen molar-refractivity contribution in [2.45, 2.75) is 51.0 Å². The molecule has 0 spiro atoms. The molecule has 1 saturated heterocycles. The van der Waals surface area contributed by atoms with Crippen LogP contribution in [-0.2, 0) is 4.79 Å². The third-order valence-corrected chi connectivity index (χ3v) is 4.66. The van der Waals surface area contributed by atoms with E-state index in [1.165, 1.54) is 0 Å². The van der Waals surface area contributed by atoms with E-state index in [4.69, 9.17) is 5.26 Å². The van der Waals surface area contributed by atoms with E-state index in [1.807, 2.05) is 0 Å². The maximum absolute atomic E-state index is 12.2. The van der Waals surface area contributed by atoms with Gasteiger partial charge < -0.3 is 10.2 Å². The average molecular weight is 263 g/mol. The number of carbonyl (C=O) groups excluding carboxylic acids is 1. The molecule has 0 radical (unpaired) electrons. The van der Waals surface area contributed by atoms with E-state index < -0.39 is 0 Å². The molecule has 19 heavy (non-hydrogen) atoms. The third-order valence-electron chi connectivity index (χ3n) is 4.66. The molecule has 0 aromatic heterocycles. The Kier molecular flexibility index (Phi) is 5.21.